The molecule has 2 aromatic heterocycles. The zero-order valence-corrected chi connectivity index (χ0v) is 12.2. The minimum absolute atomic E-state index is 0.935. The molecule has 2 heterocycles. The Morgan fingerprint density at radius 3 is 2.95 bits per heavy atom. The first-order valence-electron chi connectivity index (χ1n) is 6.87. The molecule has 1 aromatic carbocycles. The molecule has 4 heteroatoms. The normalized spacial score (nSPS) is 13.8. The van der Waals surface area contributed by atoms with E-state index in [-0.39, 0.29) is 0 Å². The third kappa shape index (κ3) is 1.68. The van der Waals surface area contributed by atoms with Gasteiger partial charge in [0.2, 0.25) is 0 Å². The summed E-state index contributed by atoms with van der Waals surface area (Å²) in [4.78, 5) is 4.75. The van der Waals surface area contributed by atoms with Gasteiger partial charge in [0.05, 0.1) is 11.9 Å². The largest absolute Gasteiger partial charge is 0.222 e. The Labute approximate surface area is 122 Å². The van der Waals surface area contributed by atoms with Gasteiger partial charge in [-0.3, -0.25) is 0 Å². The lowest BCUT2D eigenvalue weighted by molar-refractivity contribution is 0.801. The second-order valence-corrected chi connectivity index (χ2v) is 5.86. The summed E-state index contributed by atoms with van der Waals surface area (Å²) >= 11 is 1.73. The van der Waals surface area contributed by atoms with Crippen LogP contribution in [0.4, 0.5) is 0 Å². The molecule has 0 spiro atoms. The molecule has 0 saturated carbocycles. The van der Waals surface area contributed by atoms with Gasteiger partial charge in [0.1, 0.15) is 5.03 Å². The second-order valence-electron chi connectivity index (χ2n) is 5.06. The fourth-order valence-corrected chi connectivity index (χ4v) is 3.68. The number of aryl methyl sites for hydroxylation is 1. The van der Waals surface area contributed by atoms with E-state index in [0.717, 1.165) is 23.5 Å². The lowest BCUT2D eigenvalue weighted by atomic mass is 10.0. The van der Waals surface area contributed by atoms with Gasteiger partial charge in [-0.2, -0.15) is 5.10 Å². The summed E-state index contributed by atoms with van der Waals surface area (Å²) in [5, 5.41) is 5.64. The van der Waals surface area contributed by atoms with Gasteiger partial charge >= 0.3 is 0 Å². The molecular formula is C16H15N3S. The zero-order chi connectivity index (χ0) is 13.5. The van der Waals surface area contributed by atoms with Crippen LogP contribution in [0, 0.1) is 0 Å². The topological polar surface area (TPSA) is 30.2 Å². The van der Waals surface area contributed by atoms with Gasteiger partial charge in [0, 0.05) is 17.2 Å². The Balaban J connectivity index is 2.15. The quantitative estimate of drug-likeness (QED) is 0.504. The molecule has 0 saturated heterocycles. The van der Waals surface area contributed by atoms with Crippen LogP contribution >= 0.6 is 11.8 Å². The maximum absolute atomic E-state index is 4.75. The van der Waals surface area contributed by atoms with E-state index in [0.29, 0.717) is 0 Å². The lowest BCUT2D eigenvalue weighted by Crippen LogP contribution is -2.04. The average Bonchev–Trinajstić information content (AvgIpc) is 2.86. The minimum atomic E-state index is 0.935. The Kier molecular flexibility index (Phi) is 2.77. The van der Waals surface area contributed by atoms with Crippen molar-refractivity contribution in [1.29, 1.82) is 0 Å². The highest BCUT2D eigenvalue weighted by molar-refractivity contribution is 7.98. The molecule has 0 bridgehead atoms. The van der Waals surface area contributed by atoms with Gasteiger partial charge in [-0.05, 0) is 31.1 Å². The van der Waals surface area contributed by atoms with Crippen molar-refractivity contribution in [2.75, 3.05) is 6.26 Å². The van der Waals surface area contributed by atoms with Crippen LogP contribution in [0.1, 0.15) is 17.5 Å². The number of nitrogens with zero attached hydrogens (tertiary/aromatic N) is 3. The number of aromatic nitrogens is 3. The van der Waals surface area contributed by atoms with E-state index in [1.807, 2.05) is 16.8 Å². The van der Waals surface area contributed by atoms with Crippen LogP contribution in [0.15, 0.2) is 41.6 Å². The van der Waals surface area contributed by atoms with Crippen molar-refractivity contribution in [1.82, 2.24) is 14.6 Å². The molecule has 100 valence electrons. The first-order chi connectivity index (χ1) is 9.88. The first-order valence-corrected chi connectivity index (χ1v) is 8.10. The molecule has 0 N–H and O–H groups in total. The summed E-state index contributed by atoms with van der Waals surface area (Å²) in [6.07, 6.45) is 7.31. The van der Waals surface area contributed by atoms with Crippen LogP contribution < -0.4 is 0 Å². The number of hydrogen-bond donors (Lipinski definition) is 0. The minimum Gasteiger partial charge on any atom is -0.222 e. The molecule has 3 aromatic rings. The third-order valence-electron chi connectivity index (χ3n) is 3.93. The summed E-state index contributed by atoms with van der Waals surface area (Å²) in [5.74, 6) is 0. The van der Waals surface area contributed by atoms with Crippen LogP contribution in [0.25, 0.3) is 16.9 Å². The molecule has 1 aliphatic carbocycles. The highest BCUT2D eigenvalue weighted by Crippen LogP contribution is 2.36. The number of fused-ring (bicyclic) bond motifs is 5. The fraction of sp³-hybridized carbons (Fsp3) is 0.250. The molecule has 0 fully saturated rings. The molecular weight excluding hydrogens is 266 g/mol. The van der Waals surface area contributed by atoms with E-state index in [4.69, 9.17) is 4.98 Å². The molecule has 1 aliphatic rings. The molecule has 0 unspecified atom stereocenters. The highest BCUT2D eigenvalue weighted by Gasteiger charge is 2.21. The number of rotatable bonds is 1. The maximum Gasteiger partial charge on any atom is 0.156 e. The monoisotopic (exact) mass is 281 g/mol. The lowest BCUT2D eigenvalue weighted by Gasteiger charge is -2.13. The van der Waals surface area contributed by atoms with E-state index >= 15 is 0 Å². The fourth-order valence-electron chi connectivity index (χ4n) is 3.05. The van der Waals surface area contributed by atoms with E-state index < -0.39 is 0 Å². The standard InChI is InChI=1S/C16H15N3S/c1-20-16-13-8-4-6-11-5-2-3-7-12(11)15(13)19-14(18-16)9-10-17-19/h2-3,5,7,9-10H,4,6,8H2,1H3. The van der Waals surface area contributed by atoms with Crippen molar-refractivity contribution >= 4 is 17.4 Å². The second kappa shape index (κ2) is 4.63. The Hall–Kier alpha value is -1.81. The highest BCUT2D eigenvalue weighted by atomic mass is 32.2. The predicted octanol–water partition coefficient (Wildman–Crippen LogP) is 3.61. The average molecular weight is 281 g/mol. The number of hydrogen-bond acceptors (Lipinski definition) is 3. The predicted molar refractivity (Wildman–Crippen MR) is 82.2 cm³/mol. The van der Waals surface area contributed by atoms with Crippen LogP contribution in [0.3, 0.4) is 0 Å². The van der Waals surface area contributed by atoms with Crippen molar-refractivity contribution in [2.45, 2.75) is 24.3 Å². The van der Waals surface area contributed by atoms with Crippen LogP contribution in [-0.2, 0) is 12.8 Å². The molecule has 0 radical (unpaired) electrons. The van der Waals surface area contributed by atoms with Crippen LogP contribution in [0.2, 0.25) is 0 Å². The molecule has 3 nitrogen and oxygen atoms in total. The van der Waals surface area contributed by atoms with Gasteiger partial charge in [-0.1, -0.05) is 24.3 Å². The van der Waals surface area contributed by atoms with Gasteiger partial charge < -0.3 is 0 Å². The van der Waals surface area contributed by atoms with E-state index in [1.165, 1.54) is 28.8 Å². The van der Waals surface area contributed by atoms with E-state index in [1.54, 1.807) is 11.8 Å². The van der Waals surface area contributed by atoms with Crippen molar-refractivity contribution in [3.63, 3.8) is 0 Å². The summed E-state index contributed by atoms with van der Waals surface area (Å²) in [6.45, 7) is 0. The summed E-state index contributed by atoms with van der Waals surface area (Å²) in [6, 6.07) is 10.7. The van der Waals surface area contributed by atoms with Crippen LogP contribution in [-0.4, -0.2) is 20.9 Å². The number of benzene rings is 1. The van der Waals surface area contributed by atoms with E-state index in [9.17, 15) is 0 Å². The van der Waals surface area contributed by atoms with Crippen molar-refractivity contribution < 1.29 is 0 Å². The summed E-state index contributed by atoms with van der Waals surface area (Å²) in [5.41, 5.74) is 6.24. The van der Waals surface area contributed by atoms with E-state index in [2.05, 4.69) is 35.6 Å². The molecule has 0 atom stereocenters. The Bertz CT molecular complexity index is 792. The third-order valence-corrected chi connectivity index (χ3v) is 4.66. The van der Waals surface area contributed by atoms with Gasteiger partial charge in [0.25, 0.3) is 0 Å². The van der Waals surface area contributed by atoms with Crippen molar-refractivity contribution in [3.8, 4) is 11.3 Å². The van der Waals surface area contributed by atoms with Gasteiger partial charge in [-0.15, -0.1) is 11.8 Å². The number of thioether (sulfide) groups is 1. The molecule has 0 aliphatic heterocycles. The molecule has 4 rings (SSSR count). The van der Waals surface area contributed by atoms with Crippen LogP contribution in [0.5, 0.6) is 0 Å². The summed E-state index contributed by atoms with van der Waals surface area (Å²) in [7, 11) is 0. The SMILES string of the molecule is CSc1nc2ccnn2c2c1CCCc1ccccc1-2. The smallest absolute Gasteiger partial charge is 0.156 e. The van der Waals surface area contributed by atoms with Gasteiger partial charge in [0.15, 0.2) is 5.65 Å². The molecule has 0 amide bonds. The van der Waals surface area contributed by atoms with Gasteiger partial charge in [-0.25, -0.2) is 9.50 Å². The first kappa shape index (κ1) is 12.0. The zero-order valence-electron chi connectivity index (χ0n) is 11.3. The maximum atomic E-state index is 4.75. The van der Waals surface area contributed by atoms with Crippen molar-refractivity contribution in [2.24, 2.45) is 0 Å². The Morgan fingerprint density at radius 1 is 1.15 bits per heavy atom. The molecule has 20 heavy (non-hydrogen) atoms. The van der Waals surface area contributed by atoms with Crippen molar-refractivity contribution in [3.05, 3.63) is 47.7 Å². The Morgan fingerprint density at radius 2 is 2.05 bits per heavy atom. The summed E-state index contributed by atoms with van der Waals surface area (Å²) < 4.78 is 2.00.